The Bertz CT molecular complexity index is 392. The Labute approximate surface area is 131 Å². The van der Waals surface area contributed by atoms with Gasteiger partial charge in [0.2, 0.25) is 0 Å². The van der Waals surface area contributed by atoms with Gasteiger partial charge in [0.25, 0.3) is 0 Å². The molecule has 1 aromatic rings. The van der Waals surface area contributed by atoms with Crippen molar-refractivity contribution in [2.75, 3.05) is 6.54 Å². The van der Waals surface area contributed by atoms with E-state index in [2.05, 4.69) is 74.1 Å². The lowest BCUT2D eigenvalue weighted by molar-refractivity contribution is 0.563. The molecule has 0 heterocycles. The highest BCUT2D eigenvalue weighted by Crippen LogP contribution is 2.35. The molecule has 2 atom stereocenters. The Kier molecular flexibility index (Phi) is 7.48. The first-order valence-corrected chi connectivity index (χ1v) is 8.82. The van der Waals surface area contributed by atoms with Crippen LogP contribution in [0.25, 0.3) is 0 Å². The normalized spacial score (nSPS) is 14.7. The lowest BCUT2D eigenvalue weighted by Gasteiger charge is -2.21. The van der Waals surface area contributed by atoms with Crippen molar-refractivity contribution in [1.82, 2.24) is 5.32 Å². The van der Waals surface area contributed by atoms with Gasteiger partial charge in [-0.3, -0.25) is 0 Å². The first kappa shape index (κ1) is 17.1. The van der Waals surface area contributed by atoms with Gasteiger partial charge in [0.1, 0.15) is 0 Å². The van der Waals surface area contributed by atoms with Crippen LogP contribution in [-0.4, -0.2) is 11.8 Å². The van der Waals surface area contributed by atoms with Crippen molar-refractivity contribution in [2.24, 2.45) is 5.92 Å². The average Bonchev–Trinajstić information content (AvgIpc) is 2.36. The molecule has 0 fully saturated rings. The molecule has 0 saturated carbocycles. The van der Waals surface area contributed by atoms with E-state index >= 15 is 0 Å². The monoisotopic (exact) mass is 343 g/mol. The topological polar surface area (TPSA) is 12.0 Å². The Hall–Kier alpha value is 0.01000. The standard InChI is InChI=1S/C16H26BrNS/c1-6-9-18-12(4)15-8-7-14(17)10-16(15)19-13(5)11(2)3/h7-8,10-13,18H,6,9H2,1-5H3. The van der Waals surface area contributed by atoms with Crippen molar-refractivity contribution in [3.05, 3.63) is 28.2 Å². The van der Waals surface area contributed by atoms with Gasteiger partial charge in [-0.25, -0.2) is 0 Å². The summed E-state index contributed by atoms with van der Waals surface area (Å²) >= 11 is 5.58. The van der Waals surface area contributed by atoms with Crippen LogP contribution in [0.5, 0.6) is 0 Å². The van der Waals surface area contributed by atoms with Crippen LogP contribution in [0.2, 0.25) is 0 Å². The summed E-state index contributed by atoms with van der Waals surface area (Å²) in [6.07, 6.45) is 1.17. The van der Waals surface area contributed by atoms with Crippen LogP contribution >= 0.6 is 27.7 Å². The van der Waals surface area contributed by atoms with E-state index in [1.54, 1.807) is 0 Å². The third kappa shape index (κ3) is 5.49. The number of rotatable bonds is 7. The number of hydrogen-bond acceptors (Lipinski definition) is 2. The van der Waals surface area contributed by atoms with Crippen molar-refractivity contribution < 1.29 is 0 Å². The number of halogens is 1. The molecule has 0 aromatic heterocycles. The third-order valence-electron chi connectivity index (χ3n) is 3.39. The number of nitrogens with one attached hydrogen (secondary N) is 1. The lowest BCUT2D eigenvalue weighted by Crippen LogP contribution is -2.20. The minimum Gasteiger partial charge on any atom is -0.310 e. The van der Waals surface area contributed by atoms with Crippen molar-refractivity contribution in [3.8, 4) is 0 Å². The Morgan fingerprint density at radius 2 is 1.89 bits per heavy atom. The summed E-state index contributed by atoms with van der Waals surface area (Å²) in [6.45, 7) is 12.4. The summed E-state index contributed by atoms with van der Waals surface area (Å²) in [7, 11) is 0. The molecule has 0 aliphatic carbocycles. The molecule has 3 heteroatoms. The quantitative estimate of drug-likeness (QED) is 0.642. The van der Waals surface area contributed by atoms with E-state index in [4.69, 9.17) is 0 Å². The van der Waals surface area contributed by atoms with Crippen molar-refractivity contribution in [2.45, 2.75) is 57.2 Å². The molecule has 0 saturated heterocycles. The molecule has 0 bridgehead atoms. The highest BCUT2D eigenvalue weighted by molar-refractivity contribution is 9.10. The van der Waals surface area contributed by atoms with Gasteiger partial charge in [-0.15, -0.1) is 11.8 Å². The van der Waals surface area contributed by atoms with Gasteiger partial charge in [-0.2, -0.15) is 0 Å². The fraction of sp³-hybridized carbons (Fsp3) is 0.625. The zero-order chi connectivity index (χ0) is 14.4. The van der Waals surface area contributed by atoms with Crippen LogP contribution < -0.4 is 5.32 Å². The Morgan fingerprint density at radius 1 is 1.21 bits per heavy atom. The van der Waals surface area contributed by atoms with Gasteiger partial charge < -0.3 is 5.32 Å². The van der Waals surface area contributed by atoms with Crippen molar-refractivity contribution in [3.63, 3.8) is 0 Å². The number of thioether (sulfide) groups is 1. The highest BCUT2D eigenvalue weighted by atomic mass is 79.9. The molecular weight excluding hydrogens is 318 g/mol. The second-order valence-corrected chi connectivity index (χ2v) is 7.76. The van der Waals surface area contributed by atoms with E-state index in [9.17, 15) is 0 Å². The van der Waals surface area contributed by atoms with Crippen molar-refractivity contribution >= 4 is 27.7 Å². The van der Waals surface area contributed by atoms with E-state index in [0.717, 1.165) is 11.0 Å². The van der Waals surface area contributed by atoms with Crippen LogP contribution in [0.4, 0.5) is 0 Å². The first-order valence-electron chi connectivity index (χ1n) is 7.15. The van der Waals surface area contributed by atoms with Gasteiger partial charge in [0.05, 0.1) is 0 Å². The molecule has 0 aliphatic rings. The predicted molar refractivity (Wildman–Crippen MR) is 91.0 cm³/mol. The molecule has 0 aliphatic heterocycles. The fourth-order valence-corrected chi connectivity index (χ4v) is 3.54. The molecule has 1 nitrogen and oxygen atoms in total. The molecule has 0 amide bonds. The molecular formula is C16H26BrNS. The van der Waals surface area contributed by atoms with E-state index in [0.29, 0.717) is 17.2 Å². The van der Waals surface area contributed by atoms with Crippen LogP contribution in [0.3, 0.4) is 0 Å². The minimum absolute atomic E-state index is 0.412. The van der Waals surface area contributed by atoms with Gasteiger partial charge in [-0.1, -0.05) is 49.7 Å². The van der Waals surface area contributed by atoms with Gasteiger partial charge in [-0.05, 0) is 43.5 Å². The predicted octanol–water partition coefficient (Wildman–Crippen LogP) is 5.65. The molecule has 0 spiro atoms. The molecule has 108 valence electrons. The van der Waals surface area contributed by atoms with Crippen LogP contribution in [0, 0.1) is 5.92 Å². The smallest absolute Gasteiger partial charge is 0.0302 e. The molecule has 2 unspecified atom stereocenters. The third-order valence-corrected chi connectivity index (χ3v) is 5.41. The first-order chi connectivity index (χ1) is 8.95. The summed E-state index contributed by atoms with van der Waals surface area (Å²) in [6, 6.07) is 7.05. The highest BCUT2D eigenvalue weighted by Gasteiger charge is 2.15. The molecule has 1 N–H and O–H groups in total. The SMILES string of the molecule is CCCNC(C)c1ccc(Br)cc1SC(C)C(C)C. The maximum absolute atomic E-state index is 3.59. The zero-order valence-electron chi connectivity index (χ0n) is 12.7. The largest absolute Gasteiger partial charge is 0.310 e. The summed E-state index contributed by atoms with van der Waals surface area (Å²) in [5.74, 6) is 0.690. The van der Waals surface area contributed by atoms with Crippen LogP contribution in [0.15, 0.2) is 27.6 Å². The Morgan fingerprint density at radius 3 is 2.47 bits per heavy atom. The maximum Gasteiger partial charge on any atom is 0.0302 e. The zero-order valence-corrected chi connectivity index (χ0v) is 15.1. The van der Waals surface area contributed by atoms with Gasteiger partial charge in [0.15, 0.2) is 0 Å². The second kappa shape index (κ2) is 8.33. The van der Waals surface area contributed by atoms with Crippen LogP contribution in [0.1, 0.15) is 52.6 Å². The lowest BCUT2D eigenvalue weighted by atomic mass is 10.1. The molecule has 19 heavy (non-hydrogen) atoms. The molecule has 1 aromatic carbocycles. The summed E-state index contributed by atoms with van der Waals surface area (Å²) in [5, 5.41) is 4.21. The fourth-order valence-electron chi connectivity index (χ4n) is 1.78. The van der Waals surface area contributed by atoms with E-state index in [1.807, 2.05) is 11.8 Å². The average molecular weight is 344 g/mol. The van der Waals surface area contributed by atoms with Gasteiger partial charge >= 0.3 is 0 Å². The summed E-state index contributed by atoms with van der Waals surface area (Å²) in [5.41, 5.74) is 1.41. The second-order valence-electron chi connectivity index (χ2n) is 5.42. The van der Waals surface area contributed by atoms with Gasteiger partial charge in [0, 0.05) is 20.7 Å². The van der Waals surface area contributed by atoms with E-state index < -0.39 is 0 Å². The minimum atomic E-state index is 0.412. The van der Waals surface area contributed by atoms with E-state index in [-0.39, 0.29) is 0 Å². The van der Waals surface area contributed by atoms with E-state index in [1.165, 1.54) is 16.9 Å². The molecule has 1 rings (SSSR count). The van der Waals surface area contributed by atoms with Crippen molar-refractivity contribution in [1.29, 1.82) is 0 Å². The summed E-state index contributed by atoms with van der Waals surface area (Å²) < 4.78 is 1.16. The summed E-state index contributed by atoms with van der Waals surface area (Å²) in [4.78, 5) is 1.40. The molecule has 0 radical (unpaired) electrons. The number of hydrogen-bond donors (Lipinski definition) is 1. The maximum atomic E-state index is 3.59. The number of benzene rings is 1. The Balaban J connectivity index is 2.90. The van der Waals surface area contributed by atoms with Crippen LogP contribution in [-0.2, 0) is 0 Å².